The Kier molecular flexibility index (Phi) is 7.26. The van der Waals surface area contributed by atoms with E-state index in [0.717, 1.165) is 10.8 Å². The van der Waals surface area contributed by atoms with Crippen molar-refractivity contribution in [1.29, 1.82) is 0 Å². The molecular formula is C27H24ClN3O5. The number of aromatic hydroxyl groups is 1. The zero-order valence-corrected chi connectivity index (χ0v) is 20.1. The van der Waals surface area contributed by atoms with E-state index in [1.165, 1.54) is 10.8 Å². The molecule has 2 amide bonds. The summed E-state index contributed by atoms with van der Waals surface area (Å²) in [5.74, 6) is -1.47. The summed E-state index contributed by atoms with van der Waals surface area (Å²) in [5.41, 5.74) is 0.713. The van der Waals surface area contributed by atoms with E-state index in [9.17, 15) is 24.6 Å². The summed E-state index contributed by atoms with van der Waals surface area (Å²) in [6.45, 7) is 1.73. The summed E-state index contributed by atoms with van der Waals surface area (Å²) in [6, 6.07) is 18.3. The molecule has 0 saturated heterocycles. The molecule has 36 heavy (non-hydrogen) atoms. The Morgan fingerprint density at radius 1 is 1.03 bits per heavy atom. The summed E-state index contributed by atoms with van der Waals surface area (Å²) in [5, 5.41) is 27.3. The highest BCUT2D eigenvalue weighted by molar-refractivity contribution is 6.31. The van der Waals surface area contributed by atoms with Crippen LogP contribution in [0.3, 0.4) is 0 Å². The third kappa shape index (κ3) is 5.50. The molecule has 3 aromatic carbocycles. The molecule has 0 aliphatic heterocycles. The number of anilines is 1. The topological polar surface area (TPSA) is 121 Å². The van der Waals surface area contributed by atoms with Gasteiger partial charge in [0.1, 0.15) is 5.75 Å². The molecule has 1 heterocycles. The number of aliphatic carboxylic acids is 1. The van der Waals surface area contributed by atoms with Gasteiger partial charge in [-0.15, -0.1) is 0 Å². The van der Waals surface area contributed by atoms with E-state index >= 15 is 0 Å². The maximum atomic E-state index is 13.1. The van der Waals surface area contributed by atoms with E-state index in [0.29, 0.717) is 21.7 Å². The molecule has 0 bridgehead atoms. The number of pyridine rings is 1. The number of fused-ring (bicyclic) bond motifs is 1. The van der Waals surface area contributed by atoms with Gasteiger partial charge in [0.2, 0.25) is 0 Å². The lowest BCUT2D eigenvalue weighted by Gasteiger charge is -2.19. The van der Waals surface area contributed by atoms with Crippen LogP contribution in [-0.4, -0.2) is 26.8 Å². The summed E-state index contributed by atoms with van der Waals surface area (Å²) < 4.78 is 1.34. The highest BCUT2D eigenvalue weighted by Crippen LogP contribution is 2.26. The van der Waals surface area contributed by atoms with Gasteiger partial charge in [0.25, 0.3) is 5.56 Å². The van der Waals surface area contributed by atoms with Crippen molar-refractivity contribution >= 4 is 40.1 Å². The third-order valence-corrected chi connectivity index (χ3v) is 6.20. The lowest BCUT2D eigenvalue weighted by atomic mass is 10.00. The van der Waals surface area contributed by atoms with Gasteiger partial charge in [-0.2, -0.15) is 0 Å². The van der Waals surface area contributed by atoms with Crippen LogP contribution in [0, 0.1) is 6.92 Å². The van der Waals surface area contributed by atoms with E-state index in [1.54, 1.807) is 37.3 Å². The number of halogens is 1. The first kappa shape index (κ1) is 24.8. The third-order valence-electron chi connectivity index (χ3n) is 5.83. The Hall–Kier alpha value is -4.30. The molecule has 0 radical (unpaired) electrons. The zero-order chi connectivity index (χ0) is 25.8. The van der Waals surface area contributed by atoms with Gasteiger partial charge in [-0.25, -0.2) is 4.79 Å². The minimum Gasteiger partial charge on any atom is -0.505 e. The molecule has 1 atom stereocenters. The molecule has 4 N–H and O–H groups in total. The first-order valence-corrected chi connectivity index (χ1v) is 11.5. The number of hydrogen-bond acceptors (Lipinski definition) is 4. The molecule has 0 saturated carbocycles. The standard InChI is InChI=1S/C27H24ClN3O5/c1-16-14-31(15-20-8-4-5-9-21(20)28)26(35)24(25(16)34)30-27(36)29-22(13-23(32)33)19-11-10-17-6-2-3-7-18(17)12-19/h2-12,14,22,34H,13,15H2,1H3,(H,32,33)(H2,29,30,36). The van der Waals surface area contributed by atoms with Crippen LogP contribution in [-0.2, 0) is 11.3 Å². The molecule has 4 rings (SSSR count). The van der Waals surface area contributed by atoms with Crippen molar-refractivity contribution in [1.82, 2.24) is 9.88 Å². The van der Waals surface area contributed by atoms with E-state index in [4.69, 9.17) is 11.6 Å². The number of carbonyl (C=O) groups is 2. The molecule has 0 spiro atoms. The van der Waals surface area contributed by atoms with Crippen molar-refractivity contribution in [2.45, 2.75) is 25.9 Å². The fourth-order valence-corrected chi connectivity index (χ4v) is 4.19. The number of rotatable bonds is 7. The fraction of sp³-hybridized carbons (Fsp3) is 0.148. The number of carboxylic acids is 1. The van der Waals surface area contributed by atoms with Gasteiger partial charge < -0.3 is 25.4 Å². The molecule has 0 aliphatic carbocycles. The SMILES string of the molecule is Cc1cn(Cc2ccccc2Cl)c(=O)c(NC(=O)NC(CC(=O)O)c2ccc3ccccc3c2)c1O. The van der Waals surface area contributed by atoms with Gasteiger partial charge in [0.05, 0.1) is 19.0 Å². The zero-order valence-electron chi connectivity index (χ0n) is 19.4. The van der Waals surface area contributed by atoms with Crippen molar-refractivity contribution < 1.29 is 19.8 Å². The largest absolute Gasteiger partial charge is 0.505 e. The minimum absolute atomic E-state index is 0.134. The van der Waals surface area contributed by atoms with Crippen LogP contribution in [0.15, 0.2) is 77.7 Å². The second kappa shape index (κ2) is 10.5. The molecule has 184 valence electrons. The monoisotopic (exact) mass is 505 g/mol. The van der Waals surface area contributed by atoms with E-state index in [-0.39, 0.29) is 24.4 Å². The predicted octanol–water partition coefficient (Wildman–Crippen LogP) is 5.05. The highest BCUT2D eigenvalue weighted by Gasteiger charge is 2.21. The van der Waals surface area contributed by atoms with Crippen LogP contribution < -0.4 is 16.2 Å². The van der Waals surface area contributed by atoms with Crippen molar-refractivity contribution in [2.24, 2.45) is 0 Å². The van der Waals surface area contributed by atoms with Gasteiger partial charge in [-0.05, 0) is 41.0 Å². The number of urea groups is 1. The molecule has 9 heteroatoms. The van der Waals surface area contributed by atoms with Gasteiger partial charge in [0, 0.05) is 16.8 Å². The van der Waals surface area contributed by atoms with E-state index in [1.807, 2.05) is 36.4 Å². The molecule has 0 fully saturated rings. The lowest BCUT2D eigenvalue weighted by molar-refractivity contribution is -0.137. The Bertz CT molecular complexity index is 1520. The van der Waals surface area contributed by atoms with Gasteiger partial charge in [-0.1, -0.05) is 66.2 Å². The number of carboxylic acid groups (broad SMARTS) is 1. The van der Waals surface area contributed by atoms with Crippen LogP contribution in [0.1, 0.15) is 29.2 Å². The van der Waals surface area contributed by atoms with Crippen LogP contribution in [0.4, 0.5) is 10.5 Å². The number of aryl methyl sites for hydroxylation is 1. The normalized spacial score (nSPS) is 11.7. The smallest absolute Gasteiger partial charge is 0.319 e. The minimum atomic E-state index is -1.10. The Morgan fingerprint density at radius 3 is 2.44 bits per heavy atom. The van der Waals surface area contributed by atoms with Crippen LogP contribution in [0.2, 0.25) is 5.02 Å². The quantitative estimate of drug-likeness (QED) is 0.280. The number of aromatic nitrogens is 1. The van der Waals surface area contributed by atoms with Gasteiger partial charge in [-0.3, -0.25) is 9.59 Å². The molecular weight excluding hydrogens is 482 g/mol. The van der Waals surface area contributed by atoms with Crippen molar-refractivity contribution in [3.63, 3.8) is 0 Å². The maximum absolute atomic E-state index is 13.1. The molecule has 0 aliphatic rings. The highest BCUT2D eigenvalue weighted by atomic mass is 35.5. The Balaban J connectivity index is 1.60. The second-order valence-electron chi connectivity index (χ2n) is 8.42. The predicted molar refractivity (Wildman–Crippen MR) is 139 cm³/mol. The fourth-order valence-electron chi connectivity index (χ4n) is 4.00. The number of nitrogens with one attached hydrogen (secondary N) is 2. The second-order valence-corrected chi connectivity index (χ2v) is 8.82. The summed E-state index contributed by atoms with van der Waals surface area (Å²) in [6.07, 6.45) is 1.11. The summed E-state index contributed by atoms with van der Waals surface area (Å²) in [7, 11) is 0. The first-order valence-electron chi connectivity index (χ1n) is 11.2. The van der Waals surface area contributed by atoms with Crippen molar-refractivity contribution in [3.05, 3.63) is 105 Å². The number of carbonyl (C=O) groups excluding carboxylic acids is 1. The van der Waals surface area contributed by atoms with Crippen LogP contribution >= 0.6 is 11.6 Å². The molecule has 1 unspecified atom stereocenters. The summed E-state index contributed by atoms with van der Waals surface area (Å²) >= 11 is 6.22. The molecule has 1 aromatic heterocycles. The maximum Gasteiger partial charge on any atom is 0.319 e. The van der Waals surface area contributed by atoms with Crippen LogP contribution in [0.25, 0.3) is 10.8 Å². The van der Waals surface area contributed by atoms with E-state index < -0.39 is 23.6 Å². The van der Waals surface area contributed by atoms with E-state index in [2.05, 4.69) is 10.6 Å². The number of benzene rings is 3. The van der Waals surface area contributed by atoms with Gasteiger partial charge in [0.15, 0.2) is 5.69 Å². The van der Waals surface area contributed by atoms with Crippen molar-refractivity contribution in [3.8, 4) is 5.75 Å². The lowest BCUT2D eigenvalue weighted by Crippen LogP contribution is -2.36. The average Bonchev–Trinajstić information content (AvgIpc) is 2.85. The molecule has 8 nitrogen and oxygen atoms in total. The summed E-state index contributed by atoms with van der Waals surface area (Å²) in [4.78, 5) is 37.5. The Labute approximate surface area is 211 Å². The Morgan fingerprint density at radius 2 is 1.72 bits per heavy atom. The van der Waals surface area contributed by atoms with Crippen molar-refractivity contribution in [2.75, 3.05) is 5.32 Å². The number of amides is 2. The number of nitrogens with zero attached hydrogens (tertiary/aromatic N) is 1. The number of hydrogen-bond donors (Lipinski definition) is 4. The van der Waals surface area contributed by atoms with Crippen LogP contribution in [0.5, 0.6) is 5.75 Å². The molecule has 4 aromatic rings. The van der Waals surface area contributed by atoms with Gasteiger partial charge >= 0.3 is 12.0 Å². The average molecular weight is 506 g/mol. The first-order chi connectivity index (χ1) is 17.2.